The predicted molar refractivity (Wildman–Crippen MR) is 47.0 cm³/mol. The second-order valence-corrected chi connectivity index (χ2v) is 2.88. The maximum atomic E-state index is 13.2. The number of rotatable bonds is 4. The van der Waals surface area contributed by atoms with Crippen LogP contribution in [-0.4, -0.2) is 23.2 Å². The zero-order valence-electron chi connectivity index (χ0n) is 8.21. The van der Waals surface area contributed by atoms with Gasteiger partial charge in [-0.2, -0.15) is 0 Å². The van der Waals surface area contributed by atoms with Crippen molar-refractivity contribution in [2.45, 2.75) is 12.8 Å². The topological polar surface area (TPSA) is 59.4 Å². The molecule has 0 spiro atoms. The Labute approximate surface area is 88.7 Å². The zero-order valence-corrected chi connectivity index (χ0v) is 8.21. The van der Waals surface area contributed by atoms with Crippen LogP contribution >= 0.6 is 0 Å². The highest BCUT2D eigenvalue weighted by atomic mass is 19.3. The van der Waals surface area contributed by atoms with Crippen molar-refractivity contribution in [3.63, 3.8) is 0 Å². The molecule has 4 nitrogen and oxygen atoms in total. The van der Waals surface area contributed by atoms with Crippen LogP contribution in [0.1, 0.15) is 17.8 Å². The number of hydrogen-bond acceptors (Lipinski definition) is 3. The molecule has 16 heavy (non-hydrogen) atoms. The molecule has 0 atom stereocenters. The van der Waals surface area contributed by atoms with Gasteiger partial charge in [0.25, 0.3) is 6.43 Å². The van der Waals surface area contributed by atoms with Crippen LogP contribution in [0.3, 0.4) is 0 Å². The molecular weight excluding hydrogens is 227 g/mol. The standard InChI is InChI=1S/C9H8F3NO3/c1-16-8-4(10)2-6(9(11)12)13-5(8)3-7(14)15/h2,9H,3H2,1H3,(H,14,15). The lowest BCUT2D eigenvalue weighted by Gasteiger charge is -2.09. The number of carboxylic acids is 1. The average molecular weight is 235 g/mol. The van der Waals surface area contributed by atoms with E-state index >= 15 is 0 Å². The second-order valence-electron chi connectivity index (χ2n) is 2.88. The Morgan fingerprint density at radius 3 is 2.69 bits per heavy atom. The lowest BCUT2D eigenvalue weighted by atomic mass is 10.2. The van der Waals surface area contributed by atoms with Crippen LogP contribution in [0.2, 0.25) is 0 Å². The lowest BCUT2D eigenvalue weighted by molar-refractivity contribution is -0.136. The van der Waals surface area contributed by atoms with Gasteiger partial charge in [0.1, 0.15) is 5.69 Å². The summed E-state index contributed by atoms with van der Waals surface area (Å²) in [4.78, 5) is 13.8. The van der Waals surface area contributed by atoms with Crippen LogP contribution in [-0.2, 0) is 11.2 Å². The molecular formula is C9H8F3NO3. The summed E-state index contributed by atoms with van der Waals surface area (Å²) >= 11 is 0. The van der Waals surface area contributed by atoms with E-state index in [1.807, 2.05) is 0 Å². The summed E-state index contributed by atoms with van der Waals surface area (Å²) in [5.41, 5.74) is -1.17. The zero-order chi connectivity index (χ0) is 12.3. The smallest absolute Gasteiger partial charge is 0.309 e. The van der Waals surface area contributed by atoms with E-state index in [0.29, 0.717) is 6.07 Å². The number of methoxy groups -OCH3 is 1. The van der Waals surface area contributed by atoms with E-state index in [1.165, 1.54) is 0 Å². The third kappa shape index (κ3) is 2.62. The van der Waals surface area contributed by atoms with E-state index in [4.69, 9.17) is 5.11 Å². The molecule has 0 saturated carbocycles. The maximum absolute atomic E-state index is 13.2. The lowest BCUT2D eigenvalue weighted by Crippen LogP contribution is -2.08. The van der Waals surface area contributed by atoms with Crippen molar-refractivity contribution in [1.29, 1.82) is 0 Å². The molecule has 0 aliphatic heterocycles. The molecule has 0 radical (unpaired) electrons. The molecule has 1 N–H and O–H groups in total. The average Bonchev–Trinajstić information content (AvgIpc) is 2.16. The third-order valence-electron chi connectivity index (χ3n) is 1.76. The highest BCUT2D eigenvalue weighted by Gasteiger charge is 2.19. The molecule has 88 valence electrons. The van der Waals surface area contributed by atoms with Gasteiger partial charge in [-0.3, -0.25) is 4.79 Å². The number of halogens is 3. The van der Waals surface area contributed by atoms with Crippen molar-refractivity contribution >= 4 is 5.97 Å². The fraction of sp³-hybridized carbons (Fsp3) is 0.333. The Balaban J connectivity index is 3.24. The fourth-order valence-corrected chi connectivity index (χ4v) is 1.16. The Morgan fingerprint density at radius 1 is 1.62 bits per heavy atom. The normalized spacial score (nSPS) is 10.6. The summed E-state index contributed by atoms with van der Waals surface area (Å²) in [6, 6.07) is 0.523. The van der Waals surface area contributed by atoms with Gasteiger partial charge in [0.2, 0.25) is 0 Å². The monoisotopic (exact) mass is 235 g/mol. The number of ether oxygens (including phenoxy) is 1. The van der Waals surface area contributed by atoms with Gasteiger partial charge < -0.3 is 9.84 Å². The van der Waals surface area contributed by atoms with Crippen LogP contribution in [0, 0.1) is 5.82 Å². The fourth-order valence-electron chi connectivity index (χ4n) is 1.16. The van der Waals surface area contributed by atoms with E-state index in [2.05, 4.69) is 9.72 Å². The summed E-state index contributed by atoms with van der Waals surface area (Å²) in [6.45, 7) is 0. The summed E-state index contributed by atoms with van der Waals surface area (Å²) in [5, 5.41) is 8.50. The van der Waals surface area contributed by atoms with Crippen LogP contribution in [0.15, 0.2) is 6.07 Å². The highest BCUT2D eigenvalue weighted by Crippen LogP contribution is 2.26. The first kappa shape index (κ1) is 12.3. The first-order valence-corrected chi connectivity index (χ1v) is 4.19. The molecule has 1 heterocycles. The van der Waals surface area contributed by atoms with Gasteiger partial charge in [-0.15, -0.1) is 0 Å². The van der Waals surface area contributed by atoms with Crippen molar-refractivity contribution in [2.75, 3.05) is 7.11 Å². The van der Waals surface area contributed by atoms with Gasteiger partial charge in [-0.25, -0.2) is 18.2 Å². The summed E-state index contributed by atoms with van der Waals surface area (Å²) in [6.07, 6.45) is -3.64. The van der Waals surface area contributed by atoms with Crippen LogP contribution in [0.25, 0.3) is 0 Å². The van der Waals surface area contributed by atoms with Crippen molar-refractivity contribution in [1.82, 2.24) is 4.98 Å². The Hall–Kier alpha value is -1.79. The molecule has 0 aliphatic rings. The van der Waals surface area contributed by atoms with E-state index in [-0.39, 0.29) is 5.69 Å². The Morgan fingerprint density at radius 2 is 2.25 bits per heavy atom. The van der Waals surface area contributed by atoms with Gasteiger partial charge in [-0.05, 0) is 0 Å². The van der Waals surface area contributed by atoms with E-state index in [1.54, 1.807) is 0 Å². The van der Waals surface area contributed by atoms with Crippen molar-refractivity contribution < 1.29 is 27.8 Å². The van der Waals surface area contributed by atoms with E-state index in [9.17, 15) is 18.0 Å². The van der Waals surface area contributed by atoms with Crippen molar-refractivity contribution in [2.24, 2.45) is 0 Å². The molecule has 0 bridgehead atoms. The number of pyridine rings is 1. The van der Waals surface area contributed by atoms with Crippen molar-refractivity contribution in [3.8, 4) is 5.75 Å². The number of carbonyl (C=O) groups is 1. The van der Waals surface area contributed by atoms with E-state index < -0.39 is 36.1 Å². The summed E-state index contributed by atoms with van der Waals surface area (Å²) < 4.78 is 42.4. The number of aliphatic carboxylic acids is 1. The summed E-state index contributed by atoms with van der Waals surface area (Å²) in [5.74, 6) is -2.78. The summed E-state index contributed by atoms with van der Waals surface area (Å²) in [7, 11) is 1.10. The molecule has 0 amide bonds. The molecule has 0 saturated heterocycles. The number of nitrogens with zero attached hydrogens (tertiary/aromatic N) is 1. The van der Waals surface area contributed by atoms with Gasteiger partial charge in [0.15, 0.2) is 11.6 Å². The Kier molecular flexibility index (Phi) is 3.70. The van der Waals surface area contributed by atoms with Crippen LogP contribution in [0.5, 0.6) is 5.75 Å². The minimum absolute atomic E-state index is 0.356. The molecule has 0 unspecified atom stereocenters. The SMILES string of the molecule is COc1c(F)cc(C(F)F)nc1CC(=O)O. The van der Waals surface area contributed by atoms with Gasteiger partial charge >= 0.3 is 5.97 Å². The number of alkyl halides is 2. The van der Waals surface area contributed by atoms with Crippen molar-refractivity contribution in [3.05, 3.63) is 23.3 Å². The van der Waals surface area contributed by atoms with Crippen LogP contribution < -0.4 is 4.74 Å². The first-order valence-electron chi connectivity index (χ1n) is 4.19. The minimum Gasteiger partial charge on any atom is -0.492 e. The largest absolute Gasteiger partial charge is 0.492 e. The third-order valence-corrected chi connectivity index (χ3v) is 1.76. The molecule has 0 aliphatic carbocycles. The molecule has 0 fully saturated rings. The molecule has 1 aromatic heterocycles. The minimum atomic E-state index is -2.96. The van der Waals surface area contributed by atoms with Gasteiger partial charge in [0.05, 0.1) is 19.2 Å². The predicted octanol–water partition coefficient (Wildman–Crippen LogP) is 1.79. The Bertz CT molecular complexity index is 409. The first-order chi connectivity index (χ1) is 7.45. The molecule has 1 aromatic rings. The highest BCUT2D eigenvalue weighted by molar-refractivity contribution is 5.70. The second kappa shape index (κ2) is 4.82. The van der Waals surface area contributed by atoms with Gasteiger partial charge in [-0.1, -0.05) is 0 Å². The van der Waals surface area contributed by atoms with E-state index in [0.717, 1.165) is 7.11 Å². The van der Waals surface area contributed by atoms with Gasteiger partial charge in [0, 0.05) is 6.07 Å². The molecule has 1 rings (SSSR count). The molecule has 7 heteroatoms. The maximum Gasteiger partial charge on any atom is 0.309 e. The molecule has 0 aromatic carbocycles. The van der Waals surface area contributed by atoms with Crippen LogP contribution in [0.4, 0.5) is 13.2 Å². The number of aromatic nitrogens is 1. The number of hydrogen-bond donors (Lipinski definition) is 1. The quantitative estimate of drug-likeness (QED) is 0.864. The number of carboxylic acid groups (broad SMARTS) is 1.